The van der Waals surface area contributed by atoms with Crippen molar-refractivity contribution >= 4 is 0 Å². The van der Waals surface area contributed by atoms with Crippen LogP contribution >= 0.6 is 0 Å². The van der Waals surface area contributed by atoms with E-state index in [0.29, 0.717) is 13.0 Å². The van der Waals surface area contributed by atoms with E-state index in [4.69, 9.17) is 21.3 Å². The average molecular weight is 292 g/mol. The number of rotatable bonds is 6. The fourth-order valence-electron chi connectivity index (χ4n) is 2.53. The third-order valence-electron chi connectivity index (χ3n) is 3.86. The molecule has 2 aliphatic rings. The molecule has 2 aliphatic carbocycles. The van der Waals surface area contributed by atoms with Gasteiger partial charge in [-0.2, -0.15) is 0 Å². The van der Waals surface area contributed by atoms with Crippen molar-refractivity contribution in [1.29, 1.82) is 0 Å². The van der Waals surface area contributed by atoms with Crippen LogP contribution in [0.1, 0.15) is 12.8 Å². The molecule has 0 saturated carbocycles. The van der Waals surface area contributed by atoms with Crippen molar-refractivity contribution in [2.45, 2.75) is 31.0 Å². The summed E-state index contributed by atoms with van der Waals surface area (Å²) in [6.07, 6.45) is 12.4. The first-order valence-electron chi connectivity index (χ1n) is 7.31. The van der Waals surface area contributed by atoms with E-state index in [1.165, 1.54) is 0 Å². The maximum atomic E-state index is 9.44. The molecular weight excluding hydrogens is 268 g/mol. The fraction of sp³-hybridized carbons (Fsp3) is 0.500. The Bertz CT molecular complexity index is 468. The average Bonchev–Trinajstić information content (AvgIpc) is 2.53. The van der Waals surface area contributed by atoms with Crippen LogP contribution in [0, 0.1) is 5.92 Å². The summed E-state index contributed by atoms with van der Waals surface area (Å²) in [5.74, 6) is 0.920. The summed E-state index contributed by atoms with van der Waals surface area (Å²) in [5.41, 5.74) is 13.5. The summed E-state index contributed by atoms with van der Waals surface area (Å²) in [6.45, 7) is 0.303. The highest BCUT2D eigenvalue weighted by Crippen LogP contribution is 2.24. The number of hydrogen-bond acceptors (Lipinski definition) is 5. The molecule has 0 aliphatic heterocycles. The van der Waals surface area contributed by atoms with Gasteiger partial charge in [0.2, 0.25) is 0 Å². The van der Waals surface area contributed by atoms with Crippen LogP contribution in [0.2, 0.25) is 0 Å². The summed E-state index contributed by atoms with van der Waals surface area (Å²) in [6, 6.07) is -0.445. The predicted octanol–water partition coefficient (Wildman–Crippen LogP) is 0.357. The molecule has 5 heteroatoms. The summed E-state index contributed by atoms with van der Waals surface area (Å²) in [5, 5.41) is 18.2. The second-order valence-electron chi connectivity index (χ2n) is 5.41. The molecule has 21 heavy (non-hydrogen) atoms. The van der Waals surface area contributed by atoms with Crippen molar-refractivity contribution in [3.8, 4) is 0 Å². The van der Waals surface area contributed by atoms with Crippen LogP contribution in [-0.2, 0) is 4.74 Å². The first-order valence-corrected chi connectivity index (χ1v) is 7.31. The molecular formula is C16H24N2O3. The Labute approximate surface area is 125 Å². The fourth-order valence-corrected chi connectivity index (χ4v) is 2.53. The molecule has 4 atom stereocenters. The summed E-state index contributed by atoms with van der Waals surface area (Å²) < 4.78 is 5.35. The van der Waals surface area contributed by atoms with Gasteiger partial charge in [-0.15, -0.1) is 0 Å². The number of aliphatic hydroxyl groups excluding tert-OH is 2. The van der Waals surface area contributed by atoms with E-state index in [1.807, 2.05) is 30.4 Å². The first kappa shape index (κ1) is 16.0. The zero-order valence-corrected chi connectivity index (χ0v) is 12.1. The Hall–Kier alpha value is -1.40. The van der Waals surface area contributed by atoms with Gasteiger partial charge in [0.1, 0.15) is 12.4 Å². The molecule has 0 radical (unpaired) electrons. The van der Waals surface area contributed by atoms with Gasteiger partial charge in [0.15, 0.2) is 0 Å². The Morgan fingerprint density at radius 2 is 2.00 bits per heavy atom. The summed E-state index contributed by atoms with van der Waals surface area (Å²) >= 11 is 0. The third-order valence-corrected chi connectivity index (χ3v) is 3.86. The molecule has 0 bridgehead atoms. The van der Waals surface area contributed by atoms with E-state index in [0.717, 1.165) is 17.8 Å². The number of ether oxygens (including phenoxy) is 1. The van der Waals surface area contributed by atoms with Crippen LogP contribution in [0.3, 0.4) is 0 Å². The quantitative estimate of drug-likeness (QED) is 0.566. The third kappa shape index (κ3) is 4.28. The number of hydrogen-bond donors (Lipinski definition) is 4. The Morgan fingerprint density at radius 3 is 2.57 bits per heavy atom. The maximum absolute atomic E-state index is 9.44. The monoisotopic (exact) mass is 292 g/mol. The van der Waals surface area contributed by atoms with Crippen LogP contribution < -0.4 is 11.5 Å². The molecule has 0 fully saturated rings. The van der Waals surface area contributed by atoms with Crippen molar-refractivity contribution < 1.29 is 14.9 Å². The second kappa shape index (κ2) is 7.56. The SMILES string of the molecule is NC(C1=CCC(O)C=C1)C(N)C1C=CC(OCCO)=CC1. The lowest BCUT2D eigenvalue weighted by Crippen LogP contribution is -2.47. The largest absolute Gasteiger partial charge is 0.492 e. The van der Waals surface area contributed by atoms with Gasteiger partial charge in [0.25, 0.3) is 0 Å². The molecule has 0 aromatic heterocycles. The van der Waals surface area contributed by atoms with E-state index >= 15 is 0 Å². The van der Waals surface area contributed by atoms with Gasteiger partial charge in [0, 0.05) is 12.1 Å². The van der Waals surface area contributed by atoms with Gasteiger partial charge in [0.05, 0.1) is 12.7 Å². The smallest absolute Gasteiger partial charge is 0.115 e. The van der Waals surface area contributed by atoms with Crippen LogP contribution in [-0.4, -0.2) is 41.6 Å². The number of allylic oxidation sites excluding steroid dienone is 2. The molecule has 0 aromatic carbocycles. The van der Waals surface area contributed by atoms with Crippen molar-refractivity contribution in [2.75, 3.05) is 13.2 Å². The lowest BCUT2D eigenvalue weighted by atomic mass is 9.84. The molecule has 6 N–H and O–H groups in total. The van der Waals surface area contributed by atoms with Crippen molar-refractivity contribution in [2.24, 2.45) is 17.4 Å². The van der Waals surface area contributed by atoms with Crippen molar-refractivity contribution in [3.63, 3.8) is 0 Å². The van der Waals surface area contributed by atoms with E-state index in [9.17, 15) is 5.11 Å². The molecule has 2 rings (SSSR count). The minimum atomic E-state index is -0.416. The zero-order valence-electron chi connectivity index (χ0n) is 12.1. The van der Waals surface area contributed by atoms with Gasteiger partial charge < -0.3 is 26.4 Å². The molecule has 0 aromatic rings. The lowest BCUT2D eigenvalue weighted by Gasteiger charge is -2.29. The zero-order chi connectivity index (χ0) is 15.2. The maximum Gasteiger partial charge on any atom is 0.115 e. The van der Waals surface area contributed by atoms with Crippen molar-refractivity contribution in [3.05, 3.63) is 47.8 Å². The molecule has 4 unspecified atom stereocenters. The van der Waals surface area contributed by atoms with Crippen LogP contribution in [0.15, 0.2) is 47.8 Å². The highest BCUT2D eigenvalue weighted by molar-refractivity contribution is 5.31. The molecule has 5 nitrogen and oxygen atoms in total. The Morgan fingerprint density at radius 1 is 1.19 bits per heavy atom. The summed E-state index contributed by atoms with van der Waals surface area (Å²) in [4.78, 5) is 0. The van der Waals surface area contributed by atoms with Gasteiger partial charge in [-0.25, -0.2) is 0 Å². The van der Waals surface area contributed by atoms with Gasteiger partial charge in [-0.05, 0) is 36.5 Å². The predicted molar refractivity (Wildman–Crippen MR) is 82.2 cm³/mol. The molecule has 116 valence electrons. The molecule has 0 saturated heterocycles. The standard InChI is InChI=1S/C16H24N2O3/c17-15(11-1-5-13(20)6-2-11)16(18)12-3-7-14(8-4-12)21-10-9-19/h1-3,5,7-8,12-13,15-16,19-20H,4,6,9-10,17-18H2. The highest BCUT2D eigenvalue weighted by atomic mass is 16.5. The number of nitrogens with two attached hydrogens (primary N) is 2. The topological polar surface area (TPSA) is 102 Å². The minimum Gasteiger partial charge on any atom is -0.492 e. The summed E-state index contributed by atoms with van der Waals surface area (Å²) in [7, 11) is 0. The van der Waals surface area contributed by atoms with E-state index in [1.54, 1.807) is 6.08 Å². The molecule has 0 amide bonds. The van der Waals surface area contributed by atoms with E-state index < -0.39 is 6.10 Å². The van der Waals surface area contributed by atoms with Crippen LogP contribution in [0.25, 0.3) is 0 Å². The van der Waals surface area contributed by atoms with E-state index in [-0.39, 0.29) is 24.6 Å². The minimum absolute atomic E-state index is 0.00529. The van der Waals surface area contributed by atoms with Gasteiger partial charge >= 0.3 is 0 Å². The van der Waals surface area contributed by atoms with Crippen LogP contribution in [0.4, 0.5) is 0 Å². The van der Waals surface area contributed by atoms with Crippen molar-refractivity contribution in [1.82, 2.24) is 0 Å². The Kier molecular flexibility index (Phi) is 5.76. The lowest BCUT2D eigenvalue weighted by molar-refractivity contribution is 0.150. The number of aliphatic hydroxyl groups is 2. The van der Waals surface area contributed by atoms with E-state index in [2.05, 4.69) is 0 Å². The first-order chi connectivity index (χ1) is 10.1. The van der Waals surface area contributed by atoms with Gasteiger partial charge in [-0.3, -0.25) is 0 Å². The molecule has 0 spiro atoms. The molecule has 0 heterocycles. The second-order valence-corrected chi connectivity index (χ2v) is 5.41. The van der Waals surface area contributed by atoms with Gasteiger partial charge in [-0.1, -0.05) is 24.3 Å². The highest BCUT2D eigenvalue weighted by Gasteiger charge is 2.25. The van der Waals surface area contributed by atoms with Crippen LogP contribution in [0.5, 0.6) is 0 Å². The normalized spacial score (nSPS) is 27.8. The Balaban J connectivity index is 1.90.